The SMILES string of the molecule is COc1ccc2ncc3c(c2c1)CC(n1cc(O)c(N)n1)CO3. The van der Waals surface area contributed by atoms with E-state index >= 15 is 0 Å². The highest BCUT2D eigenvalue weighted by Crippen LogP contribution is 2.36. The minimum absolute atomic E-state index is 0.0166. The summed E-state index contributed by atoms with van der Waals surface area (Å²) in [6.07, 6.45) is 3.98. The number of methoxy groups -OCH3 is 1. The van der Waals surface area contributed by atoms with E-state index < -0.39 is 0 Å². The number of nitrogen functional groups attached to an aromatic ring is 1. The van der Waals surface area contributed by atoms with Gasteiger partial charge in [0, 0.05) is 17.4 Å². The first kappa shape index (κ1) is 13.7. The lowest BCUT2D eigenvalue weighted by atomic mass is 9.99. The van der Waals surface area contributed by atoms with Crippen LogP contribution in [-0.4, -0.2) is 33.6 Å². The number of fused-ring (bicyclic) bond motifs is 3. The highest BCUT2D eigenvalue weighted by molar-refractivity contribution is 5.85. The average molecular weight is 312 g/mol. The van der Waals surface area contributed by atoms with E-state index in [0.29, 0.717) is 13.0 Å². The maximum atomic E-state index is 9.63. The van der Waals surface area contributed by atoms with E-state index in [4.69, 9.17) is 15.2 Å². The minimum Gasteiger partial charge on any atom is -0.503 e. The summed E-state index contributed by atoms with van der Waals surface area (Å²) in [6.45, 7) is 0.449. The molecule has 0 saturated heterocycles. The number of benzene rings is 1. The first-order chi connectivity index (χ1) is 11.2. The number of nitrogens with zero attached hydrogens (tertiary/aromatic N) is 3. The van der Waals surface area contributed by atoms with E-state index in [0.717, 1.165) is 28.0 Å². The van der Waals surface area contributed by atoms with E-state index in [2.05, 4.69) is 10.1 Å². The molecule has 0 bridgehead atoms. The van der Waals surface area contributed by atoms with Gasteiger partial charge in [0.15, 0.2) is 11.6 Å². The zero-order valence-corrected chi connectivity index (χ0v) is 12.6. The van der Waals surface area contributed by atoms with Gasteiger partial charge in [-0.25, -0.2) is 0 Å². The van der Waals surface area contributed by atoms with Crippen LogP contribution < -0.4 is 15.2 Å². The monoisotopic (exact) mass is 312 g/mol. The van der Waals surface area contributed by atoms with Gasteiger partial charge in [-0.1, -0.05) is 0 Å². The van der Waals surface area contributed by atoms with Gasteiger partial charge in [-0.3, -0.25) is 9.67 Å². The van der Waals surface area contributed by atoms with Crippen molar-refractivity contribution in [2.45, 2.75) is 12.5 Å². The molecule has 0 saturated carbocycles. The molecule has 1 aromatic carbocycles. The zero-order valence-electron chi connectivity index (χ0n) is 12.6. The molecule has 0 spiro atoms. The molecule has 1 unspecified atom stereocenters. The van der Waals surface area contributed by atoms with E-state index in [1.165, 1.54) is 6.20 Å². The number of ether oxygens (including phenoxy) is 2. The molecule has 3 aromatic rings. The summed E-state index contributed by atoms with van der Waals surface area (Å²) in [5.74, 6) is 1.65. The first-order valence-corrected chi connectivity index (χ1v) is 7.27. The smallest absolute Gasteiger partial charge is 0.187 e. The Morgan fingerprint density at radius 3 is 3.04 bits per heavy atom. The average Bonchev–Trinajstić information content (AvgIpc) is 2.93. The van der Waals surface area contributed by atoms with Crippen LogP contribution in [0.3, 0.4) is 0 Å². The summed E-state index contributed by atoms with van der Waals surface area (Å²) in [5.41, 5.74) is 7.56. The Labute approximate surface area is 132 Å². The van der Waals surface area contributed by atoms with Crippen LogP contribution in [0, 0.1) is 0 Å². The van der Waals surface area contributed by atoms with Gasteiger partial charge < -0.3 is 20.3 Å². The molecule has 1 aliphatic rings. The van der Waals surface area contributed by atoms with Crippen molar-refractivity contribution in [2.24, 2.45) is 0 Å². The quantitative estimate of drug-likeness (QED) is 0.750. The van der Waals surface area contributed by atoms with Crippen LogP contribution in [0.4, 0.5) is 5.82 Å². The second kappa shape index (κ2) is 5.05. The number of anilines is 1. The molecule has 0 amide bonds. The summed E-state index contributed by atoms with van der Waals surface area (Å²) in [4.78, 5) is 4.42. The maximum Gasteiger partial charge on any atom is 0.187 e. The van der Waals surface area contributed by atoms with Crippen molar-refractivity contribution in [2.75, 3.05) is 19.5 Å². The largest absolute Gasteiger partial charge is 0.503 e. The topological polar surface area (TPSA) is 95.4 Å². The van der Waals surface area contributed by atoms with Gasteiger partial charge in [0.25, 0.3) is 0 Å². The Hall–Kier alpha value is -2.96. The molecule has 1 atom stereocenters. The fourth-order valence-electron chi connectivity index (χ4n) is 2.90. The van der Waals surface area contributed by atoms with Gasteiger partial charge >= 0.3 is 0 Å². The second-order valence-electron chi connectivity index (χ2n) is 5.53. The molecule has 7 nitrogen and oxygen atoms in total. The lowest BCUT2D eigenvalue weighted by Gasteiger charge is -2.26. The number of pyridine rings is 1. The molecule has 2 aromatic heterocycles. The molecule has 0 aliphatic carbocycles. The van der Waals surface area contributed by atoms with E-state index in [9.17, 15) is 5.11 Å². The lowest BCUT2D eigenvalue weighted by molar-refractivity contribution is 0.214. The molecular weight excluding hydrogens is 296 g/mol. The molecule has 3 heterocycles. The van der Waals surface area contributed by atoms with E-state index in [1.54, 1.807) is 18.0 Å². The molecule has 3 N–H and O–H groups in total. The molecule has 118 valence electrons. The summed E-state index contributed by atoms with van der Waals surface area (Å²) in [5, 5.41) is 14.8. The highest BCUT2D eigenvalue weighted by Gasteiger charge is 2.25. The number of aromatic hydroxyl groups is 1. The molecule has 0 radical (unpaired) electrons. The fourth-order valence-corrected chi connectivity index (χ4v) is 2.90. The van der Waals surface area contributed by atoms with Crippen LogP contribution in [-0.2, 0) is 6.42 Å². The number of hydrogen-bond acceptors (Lipinski definition) is 6. The van der Waals surface area contributed by atoms with Crippen molar-refractivity contribution >= 4 is 16.7 Å². The van der Waals surface area contributed by atoms with Crippen molar-refractivity contribution in [3.63, 3.8) is 0 Å². The van der Waals surface area contributed by atoms with Crippen LogP contribution in [0.1, 0.15) is 11.6 Å². The van der Waals surface area contributed by atoms with Crippen molar-refractivity contribution in [3.05, 3.63) is 36.2 Å². The number of rotatable bonds is 2. The standard InChI is InChI=1S/C16H16N4O3/c1-22-10-2-3-13-11(5-10)12-4-9(8-23-15(12)6-18-13)20-7-14(21)16(17)19-20/h2-3,5-7,9,21H,4,8H2,1H3,(H2,17,19). The number of nitrogens with two attached hydrogens (primary N) is 1. The number of aromatic nitrogens is 3. The van der Waals surface area contributed by atoms with E-state index in [1.807, 2.05) is 18.2 Å². The molecular formula is C16H16N4O3. The van der Waals surface area contributed by atoms with Gasteiger partial charge in [0.2, 0.25) is 0 Å². The summed E-state index contributed by atoms with van der Waals surface area (Å²) >= 11 is 0. The summed E-state index contributed by atoms with van der Waals surface area (Å²) in [7, 11) is 1.64. The predicted octanol–water partition coefficient (Wildman–Crippen LogP) is 1.90. The van der Waals surface area contributed by atoms with Gasteiger partial charge in [-0.05, 0) is 18.2 Å². The maximum absolute atomic E-state index is 9.63. The van der Waals surface area contributed by atoms with Crippen LogP contribution in [0.5, 0.6) is 17.2 Å². The molecule has 0 fully saturated rings. The third kappa shape index (κ3) is 2.21. The Kier molecular flexibility index (Phi) is 3.00. The Balaban J connectivity index is 1.79. The van der Waals surface area contributed by atoms with E-state index in [-0.39, 0.29) is 17.6 Å². The molecule has 4 rings (SSSR count). The number of hydrogen-bond donors (Lipinski definition) is 2. The van der Waals surface area contributed by atoms with Gasteiger partial charge in [0.1, 0.15) is 18.1 Å². The highest BCUT2D eigenvalue weighted by atomic mass is 16.5. The van der Waals surface area contributed by atoms with Gasteiger partial charge in [0.05, 0.1) is 31.1 Å². The van der Waals surface area contributed by atoms with Gasteiger partial charge in [-0.2, -0.15) is 5.10 Å². The Bertz CT molecular complexity index is 866. The molecule has 7 heteroatoms. The van der Waals surface area contributed by atoms with Crippen molar-refractivity contribution < 1.29 is 14.6 Å². The zero-order chi connectivity index (χ0) is 16.0. The van der Waals surface area contributed by atoms with Crippen molar-refractivity contribution in [1.82, 2.24) is 14.8 Å². The fraction of sp³-hybridized carbons (Fsp3) is 0.250. The van der Waals surface area contributed by atoms with Crippen molar-refractivity contribution in [1.29, 1.82) is 0 Å². The van der Waals surface area contributed by atoms with Crippen LogP contribution >= 0.6 is 0 Å². The first-order valence-electron chi connectivity index (χ1n) is 7.27. The van der Waals surface area contributed by atoms with Crippen LogP contribution in [0.15, 0.2) is 30.6 Å². The molecule has 23 heavy (non-hydrogen) atoms. The second-order valence-corrected chi connectivity index (χ2v) is 5.53. The third-order valence-corrected chi connectivity index (χ3v) is 4.13. The lowest BCUT2D eigenvalue weighted by Crippen LogP contribution is -2.25. The van der Waals surface area contributed by atoms with Gasteiger partial charge in [-0.15, -0.1) is 0 Å². The molecule has 1 aliphatic heterocycles. The minimum atomic E-state index is -0.0394. The summed E-state index contributed by atoms with van der Waals surface area (Å²) < 4.78 is 12.8. The van der Waals surface area contributed by atoms with Crippen LogP contribution in [0.2, 0.25) is 0 Å². The van der Waals surface area contributed by atoms with Crippen LogP contribution in [0.25, 0.3) is 10.9 Å². The third-order valence-electron chi connectivity index (χ3n) is 4.13. The van der Waals surface area contributed by atoms with Crippen molar-refractivity contribution in [3.8, 4) is 17.2 Å². The normalized spacial score (nSPS) is 16.8. The predicted molar refractivity (Wildman–Crippen MR) is 84.8 cm³/mol. The Morgan fingerprint density at radius 2 is 2.30 bits per heavy atom. The summed E-state index contributed by atoms with van der Waals surface area (Å²) in [6, 6.07) is 5.73. The Morgan fingerprint density at radius 1 is 1.43 bits per heavy atom.